The topological polar surface area (TPSA) is 140 Å². The van der Waals surface area contributed by atoms with E-state index in [1.165, 1.54) is 11.1 Å². The van der Waals surface area contributed by atoms with E-state index in [1.807, 2.05) is 12.1 Å². The molecular weight excluding hydrogens is 738 g/mol. The molecule has 2 aliphatic heterocycles. The van der Waals surface area contributed by atoms with E-state index in [-0.39, 0.29) is 30.8 Å². The van der Waals surface area contributed by atoms with E-state index in [0.717, 1.165) is 86.2 Å². The first-order valence-corrected chi connectivity index (χ1v) is 20.4. The number of aliphatic hydroxyl groups excluding tert-OH is 1. The first-order valence-electron chi connectivity index (χ1n) is 20.0. The van der Waals surface area contributed by atoms with Crippen molar-refractivity contribution in [1.29, 1.82) is 10.5 Å². The van der Waals surface area contributed by atoms with E-state index in [9.17, 15) is 20.4 Å². The largest absolute Gasteiger partial charge is 0.493 e. The van der Waals surface area contributed by atoms with Crippen molar-refractivity contribution in [3.63, 3.8) is 0 Å². The molecule has 1 spiro atoms. The summed E-state index contributed by atoms with van der Waals surface area (Å²) < 4.78 is 19.4. The highest BCUT2D eigenvalue weighted by Crippen LogP contribution is 2.48. The number of nitriles is 2. The number of carbonyl (C=O) groups excluding carboxylic acids is 1. The van der Waals surface area contributed by atoms with Crippen LogP contribution in [0.1, 0.15) is 83.6 Å². The van der Waals surface area contributed by atoms with Crippen LogP contribution in [0.15, 0.2) is 66.7 Å². The number of benzene rings is 4. The Bertz CT molecular complexity index is 2200. The van der Waals surface area contributed by atoms with Gasteiger partial charge in [-0.05, 0) is 109 Å². The molecule has 2 heterocycles. The molecule has 4 aromatic rings. The minimum atomic E-state index is -0.214. The molecule has 0 radical (unpaired) electrons. The Kier molecular flexibility index (Phi) is 11.4. The highest BCUT2D eigenvalue weighted by molar-refractivity contribution is 6.32. The Hall–Kier alpha value is -5.10. The first-order chi connectivity index (χ1) is 27.7. The van der Waals surface area contributed by atoms with Crippen molar-refractivity contribution in [3.05, 3.63) is 111 Å². The molecule has 0 unspecified atom stereocenters. The number of rotatable bonds is 15. The molecule has 1 amide bonds. The second-order valence-corrected chi connectivity index (χ2v) is 16.6. The van der Waals surface area contributed by atoms with Gasteiger partial charge in [0, 0.05) is 62.2 Å². The summed E-state index contributed by atoms with van der Waals surface area (Å²) in [5.41, 5.74) is 8.53. The van der Waals surface area contributed by atoms with Crippen LogP contribution in [0.4, 0.5) is 0 Å². The van der Waals surface area contributed by atoms with Crippen LogP contribution in [0.5, 0.6) is 17.2 Å². The lowest BCUT2D eigenvalue weighted by molar-refractivity contribution is -0.128. The number of nitrogens with zero attached hydrogens (tertiary/aromatic N) is 3. The quantitative estimate of drug-likeness (QED) is 0.106. The number of halogens is 1. The van der Waals surface area contributed by atoms with Gasteiger partial charge in [-0.15, -0.1) is 0 Å². The molecule has 8 rings (SSSR count). The number of hydrogen-bond donors (Lipinski definition) is 3. The lowest BCUT2D eigenvalue weighted by atomic mass is 9.62. The van der Waals surface area contributed by atoms with Gasteiger partial charge in [0.15, 0.2) is 0 Å². The van der Waals surface area contributed by atoms with Crippen molar-refractivity contribution in [3.8, 4) is 40.5 Å². The molecule has 0 aromatic heterocycles. The standard InChI is InChI=1S/C46H48ClN5O5/c1-29-36(5-3-8-41(29)55-14-4-13-52-27-46(28-52)20-35(53)21-46)37-6-2-7-39-38(37)10-11-42(39)57-44-19-43(56-26-32-16-30(22-48)15-31(17-32)23-49)33(18-40(44)47)24-50-25-34-9-12-45(54)51-34/h2-3,5-8,15-19,34-35,42,50,53H,4,9-14,20-21,24-28H2,1H3,(H,51,54)/t34-,42+/m1/s1. The maximum absolute atomic E-state index is 11.7. The maximum Gasteiger partial charge on any atom is 0.220 e. The molecule has 0 bridgehead atoms. The van der Waals surface area contributed by atoms with E-state index in [0.29, 0.717) is 64.7 Å². The molecule has 3 fully saturated rings. The number of hydrogen-bond acceptors (Lipinski definition) is 9. The molecule has 4 aliphatic rings. The van der Waals surface area contributed by atoms with Crippen LogP contribution in [-0.2, 0) is 24.4 Å². The van der Waals surface area contributed by atoms with Crippen LogP contribution < -0.4 is 24.8 Å². The van der Waals surface area contributed by atoms with Gasteiger partial charge in [0.05, 0.1) is 41.0 Å². The second-order valence-electron chi connectivity index (χ2n) is 16.2. The normalized spacial score (nSPS) is 19.6. The molecule has 2 atom stereocenters. The summed E-state index contributed by atoms with van der Waals surface area (Å²) in [5.74, 6) is 2.06. The molecule has 3 N–H and O–H groups in total. The predicted molar refractivity (Wildman–Crippen MR) is 217 cm³/mol. The number of nitrogens with one attached hydrogen (secondary N) is 2. The Morgan fingerprint density at radius 3 is 2.46 bits per heavy atom. The fourth-order valence-electron chi connectivity index (χ4n) is 9.15. The molecule has 294 valence electrons. The molecule has 2 saturated heterocycles. The van der Waals surface area contributed by atoms with Gasteiger partial charge in [-0.2, -0.15) is 10.5 Å². The Morgan fingerprint density at radius 1 is 0.947 bits per heavy atom. The fraction of sp³-hybridized carbons (Fsp3) is 0.413. The van der Waals surface area contributed by atoms with E-state index in [2.05, 4.69) is 71.0 Å². The number of fused-ring (bicyclic) bond motifs is 1. The summed E-state index contributed by atoms with van der Waals surface area (Å²) in [6, 6.07) is 25.7. The van der Waals surface area contributed by atoms with Gasteiger partial charge >= 0.3 is 0 Å². The van der Waals surface area contributed by atoms with Gasteiger partial charge in [-0.25, -0.2) is 0 Å². The smallest absolute Gasteiger partial charge is 0.220 e. The third-order valence-corrected chi connectivity index (χ3v) is 12.2. The third-order valence-electron chi connectivity index (χ3n) is 11.9. The summed E-state index contributed by atoms with van der Waals surface area (Å²) in [6.45, 7) is 7.20. The average molecular weight is 786 g/mol. The van der Waals surface area contributed by atoms with Crippen LogP contribution in [0, 0.1) is 35.0 Å². The van der Waals surface area contributed by atoms with Crippen LogP contribution in [0.3, 0.4) is 0 Å². The molecule has 11 heteroatoms. The van der Waals surface area contributed by atoms with Gasteiger partial charge in [0.25, 0.3) is 0 Å². The Morgan fingerprint density at radius 2 is 1.72 bits per heavy atom. The zero-order chi connectivity index (χ0) is 39.5. The summed E-state index contributed by atoms with van der Waals surface area (Å²) in [6.07, 6.45) is 5.53. The molecule has 4 aromatic carbocycles. The van der Waals surface area contributed by atoms with Crippen molar-refractivity contribution in [1.82, 2.24) is 15.5 Å². The van der Waals surface area contributed by atoms with Gasteiger partial charge in [0.2, 0.25) is 5.91 Å². The zero-order valence-electron chi connectivity index (χ0n) is 32.3. The van der Waals surface area contributed by atoms with Gasteiger partial charge in [-0.3, -0.25) is 4.79 Å². The lowest BCUT2D eigenvalue weighted by Gasteiger charge is -2.58. The Balaban J connectivity index is 0.961. The van der Waals surface area contributed by atoms with E-state index in [4.69, 9.17) is 25.8 Å². The summed E-state index contributed by atoms with van der Waals surface area (Å²) in [4.78, 5) is 14.2. The minimum absolute atomic E-state index is 0.0683. The van der Waals surface area contributed by atoms with Crippen LogP contribution in [0.25, 0.3) is 11.1 Å². The predicted octanol–water partition coefficient (Wildman–Crippen LogP) is 7.30. The van der Waals surface area contributed by atoms with Crippen molar-refractivity contribution in [2.75, 3.05) is 32.8 Å². The number of carbonyl (C=O) groups is 1. The molecule has 57 heavy (non-hydrogen) atoms. The van der Waals surface area contributed by atoms with Gasteiger partial charge in [-0.1, -0.05) is 41.9 Å². The monoisotopic (exact) mass is 785 g/mol. The molecular formula is C46H48ClN5O5. The second kappa shape index (κ2) is 16.8. The lowest BCUT2D eigenvalue weighted by Crippen LogP contribution is -2.63. The van der Waals surface area contributed by atoms with Gasteiger partial charge < -0.3 is 34.9 Å². The van der Waals surface area contributed by atoms with Gasteiger partial charge in [0.1, 0.15) is 30.0 Å². The summed E-state index contributed by atoms with van der Waals surface area (Å²) in [7, 11) is 0. The Labute approximate surface area is 339 Å². The highest BCUT2D eigenvalue weighted by Gasteiger charge is 2.51. The maximum atomic E-state index is 11.7. The van der Waals surface area contributed by atoms with E-state index < -0.39 is 0 Å². The van der Waals surface area contributed by atoms with Crippen molar-refractivity contribution >= 4 is 17.5 Å². The van der Waals surface area contributed by atoms with Crippen molar-refractivity contribution in [2.24, 2.45) is 5.41 Å². The van der Waals surface area contributed by atoms with Crippen LogP contribution >= 0.6 is 11.6 Å². The van der Waals surface area contributed by atoms with Crippen molar-refractivity contribution in [2.45, 2.75) is 83.3 Å². The summed E-state index contributed by atoms with van der Waals surface area (Å²) >= 11 is 6.94. The van der Waals surface area contributed by atoms with E-state index in [1.54, 1.807) is 18.2 Å². The first kappa shape index (κ1) is 38.8. The van der Waals surface area contributed by atoms with Crippen LogP contribution in [0.2, 0.25) is 5.02 Å². The SMILES string of the molecule is Cc1c(OCCCN2CC3(CC(O)C3)C2)cccc1-c1cccc2c1CC[C@@H]2Oc1cc(OCc2cc(C#N)cc(C#N)c2)c(CNC[C@H]2CCC(=O)N2)cc1Cl. The number of likely N-dealkylation sites (tertiary alicyclic amines) is 1. The fourth-order valence-corrected chi connectivity index (χ4v) is 9.38. The van der Waals surface area contributed by atoms with Crippen molar-refractivity contribution < 1.29 is 24.1 Å². The molecule has 1 saturated carbocycles. The highest BCUT2D eigenvalue weighted by atomic mass is 35.5. The summed E-state index contributed by atoms with van der Waals surface area (Å²) in [5, 5.41) is 35.6. The molecule has 2 aliphatic carbocycles. The number of ether oxygens (including phenoxy) is 3. The number of amides is 1. The average Bonchev–Trinajstić information content (AvgIpc) is 3.80. The zero-order valence-corrected chi connectivity index (χ0v) is 33.0. The van der Waals surface area contributed by atoms with Crippen LogP contribution in [-0.4, -0.2) is 60.8 Å². The van der Waals surface area contributed by atoms with E-state index >= 15 is 0 Å². The number of aliphatic hydroxyl groups is 1. The third kappa shape index (κ3) is 8.61. The molecule has 10 nitrogen and oxygen atoms in total. The minimum Gasteiger partial charge on any atom is -0.493 e.